The Kier molecular flexibility index (Phi) is 5.92. The van der Waals surface area contributed by atoms with E-state index in [0.29, 0.717) is 13.0 Å². The second-order valence-corrected chi connectivity index (χ2v) is 5.40. The van der Waals surface area contributed by atoms with Crippen LogP contribution in [0.2, 0.25) is 0 Å². The SMILES string of the molecule is COc1c(C)cnc(CNC(CCO)c2ccccc2)c1C. The molecule has 1 heterocycles. The van der Waals surface area contributed by atoms with Crippen molar-refractivity contribution in [3.05, 3.63) is 58.9 Å². The van der Waals surface area contributed by atoms with E-state index < -0.39 is 0 Å². The minimum atomic E-state index is 0.111. The number of hydrogen-bond donors (Lipinski definition) is 2. The molecule has 118 valence electrons. The first-order chi connectivity index (χ1) is 10.7. The number of nitrogens with zero attached hydrogens (tertiary/aromatic N) is 1. The quantitative estimate of drug-likeness (QED) is 0.825. The zero-order valence-corrected chi connectivity index (χ0v) is 13.5. The Bertz CT molecular complexity index is 600. The summed E-state index contributed by atoms with van der Waals surface area (Å²) in [6, 6.07) is 10.3. The number of aromatic nitrogens is 1. The highest BCUT2D eigenvalue weighted by molar-refractivity contribution is 5.41. The highest BCUT2D eigenvalue weighted by Gasteiger charge is 2.13. The fraction of sp³-hybridized carbons (Fsp3) is 0.389. The first kappa shape index (κ1) is 16.5. The molecular weight excluding hydrogens is 276 g/mol. The fourth-order valence-corrected chi connectivity index (χ4v) is 2.67. The number of hydrogen-bond acceptors (Lipinski definition) is 4. The summed E-state index contributed by atoms with van der Waals surface area (Å²) in [4.78, 5) is 4.51. The van der Waals surface area contributed by atoms with Gasteiger partial charge in [-0.15, -0.1) is 0 Å². The van der Waals surface area contributed by atoms with E-state index in [1.54, 1.807) is 7.11 Å². The lowest BCUT2D eigenvalue weighted by Gasteiger charge is -2.19. The molecule has 1 aromatic heterocycles. The Morgan fingerprint density at radius 3 is 2.59 bits per heavy atom. The van der Waals surface area contributed by atoms with Gasteiger partial charge in [0, 0.05) is 36.5 Å². The van der Waals surface area contributed by atoms with E-state index in [2.05, 4.69) is 22.4 Å². The second kappa shape index (κ2) is 7.92. The number of aliphatic hydroxyl groups excluding tert-OH is 1. The molecule has 4 heteroatoms. The van der Waals surface area contributed by atoms with Crippen LogP contribution in [-0.4, -0.2) is 23.8 Å². The van der Waals surface area contributed by atoms with E-state index in [4.69, 9.17) is 4.74 Å². The fourth-order valence-electron chi connectivity index (χ4n) is 2.67. The van der Waals surface area contributed by atoms with Crippen molar-refractivity contribution in [3.63, 3.8) is 0 Å². The van der Waals surface area contributed by atoms with Crippen LogP contribution in [0.1, 0.15) is 34.8 Å². The molecule has 0 fully saturated rings. The first-order valence-electron chi connectivity index (χ1n) is 7.55. The van der Waals surface area contributed by atoms with E-state index in [-0.39, 0.29) is 12.6 Å². The zero-order valence-electron chi connectivity index (χ0n) is 13.5. The lowest BCUT2D eigenvalue weighted by atomic mass is 10.0. The van der Waals surface area contributed by atoms with Crippen molar-refractivity contribution in [2.45, 2.75) is 32.9 Å². The lowest BCUT2D eigenvalue weighted by Crippen LogP contribution is -2.23. The largest absolute Gasteiger partial charge is 0.496 e. The average Bonchev–Trinajstić information content (AvgIpc) is 2.54. The molecular formula is C18H24N2O2. The highest BCUT2D eigenvalue weighted by atomic mass is 16.5. The predicted molar refractivity (Wildman–Crippen MR) is 88.0 cm³/mol. The second-order valence-electron chi connectivity index (χ2n) is 5.40. The summed E-state index contributed by atoms with van der Waals surface area (Å²) in [7, 11) is 1.69. The van der Waals surface area contributed by atoms with Gasteiger partial charge in [0.2, 0.25) is 0 Å². The number of aryl methyl sites for hydroxylation is 1. The Morgan fingerprint density at radius 2 is 1.95 bits per heavy atom. The number of benzene rings is 1. The van der Waals surface area contributed by atoms with E-state index in [1.165, 1.54) is 5.56 Å². The smallest absolute Gasteiger partial charge is 0.128 e. The van der Waals surface area contributed by atoms with Crippen molar-refractivity contribution >= 4 is 0 Å². The summed E-state index contributed by atoms with van der Waals surface area (Å²) < 4.78 is 5.45. The van der Waals surface area contributed by atoms with Gasteiger partial charge in [0.15, 0.2) is 0 Å². The highest BCUT2D eigenvalue weighted by Crippen LogP contribution is 2.24. The van der Waals surface area contributed by atoms with Crippen LogP contribution in [0.25, 0.3) is 0 Å². The molecule has 2 rings (SSSR count). The van der Waals surface area contributed by atoms with E-state index >= 15 is 0 Å². The molecule has 2 aromatic rings. The van der Waals surface area contributed by atoms with Gasteiger partial charge < -0.3 is 15.2 Å². The Labute approximate surface area is 132 Å². The topological polar surface area (TPSA) is 54.4 Å². The standard InChI is InChI=1S/C18H24N2O2/c1-13-11-19-17(14(2)18(13)22-3)12-20-16(9-10-21)15-7-5-4-6-8-15/h4-8,11,16,20-21H,9-10,12H2,1-3H3. The Hall–Kier alpha value is -1.91. The minimum absolute atomic E-state index is 0.111. The monoisotopic (exact) mass is 300 g/mol. The maximum Gasteiger partial charge on any atom is 0.128 e. The van der Waals surface area contributed by atoms with E-state index in [0.717, 1.165) is 22.6 Å². The summed E-state index contributed by atoms with van der Waals surface area (Å²) in [6.45, 7) is 4.81. The molecule has 1 unspecified atom stereocenters. The van der Waals surface area contributed by atoms with Gasteiger partial charge in [-0.3, -0.25) is 4.98 Å². The molecule has 0 aliphatic heterocycles. The van der Waals surface area contributed by atoms with Crippen molar-refractivity contribution in [1.82, 2.24) is 10.3 Å². The van der Waals surface area contributed by atoms with E-state index in [1.807, 2.05) is 38.2 Å². The number of nitrogens with one attached hydrogen (secondary N) is 1. The Morgan fingerprint density at radius 1 is 1.23 bits per heavy atom. The third-order valence-electron chi connectivity index (χ3n) is 3.89. The van der Waals surface area contributed by atoms with Crippen LogP contribution in [-0.2, 0) is 6.54 Å². The summed E-state index contributed by atoms with van der Waals surface area (Å²) in [5, 5.41) is 12.8. The molecule has 0 radical (unpaired) electrons. The third kappa shape index (κ3) is 3.84. The van der Waals surface area contributed by atoms with Gasteiger partial charge in [-0.1, -0.05) is 30.3 Å². The van der Waals surface area contributed by atoms with Crippen molar-refractivity contribution in [2.24, 2.45) is 0 Å². The van der Waals surface area contributed by atoms with Gasteiger partial charge in [-0.25, -0.2) is 0 Å². The van der Waals surface area contributed by atoms with Crippen molar-refractivity contribution in [2.75, 3.05) is 13.7 Å². The molecule has 0 saturated carbocycles. The van der Waals surface area contributed by atoms with Gasteiger partial charge >= 0.3 is 0 Å². The van der Waals surface area contributed by atoms with Crippen LogP contribution in [0.4, 0.5) is 0 Å². The van der Waals surface area contributed by atoms with Crippen LogP contribution in [0, 0.1) is 13.8 Å². The molecule has 4 nitrogen and oxygen atoms in total. The van der Waals surface area contributed by atoms with Crippen molar-refractivity contribution < 1.29 is 9.84 Å². The molecule has 0 aliphatic rings. The molecule has 1 aromatic carbocycles. The van der Waals surface area contributed by atoms with Gasteiger partial charge in [-0.2, -0.15) is 0 Å². The number of pyridine rings is 1. The van der Waals surface area contributed by atoms with Crippen LogP contribution < -0.4 is 10.1 Å². The molecule has 0 amide bonds. The van der Waals surface area contributed by atoms with Crippen LogP contribution in [0.15, 0.2) is 36.5 Å². The van der Waals surface area contributed by atoms with Crippen molar-refractivity contribution in [3.8, 4) is 5.75 Å². The molecule has 22 heavy (non-hydrogen) atoms. The summed E-state index contributed by atoms with van der Waals surface area (Å²) >= 11 is 0. The lowest BCUT2D eigenvalue weighted by molar-refractivity contribution is 0.264. The maximum atomic E-state index is 9.29. The Balaban J connectivity index is 2.13. The van der Waals surface area contributed by atoms with Gasteiger partial charge in [0.05, 0.1) is 12.8 Å². The zero-order chi connectivity index (χ0) is 15.9. The van der Waals surface area contributed by atoms with Crippen LogP contribution in [0.5, 0.6) is 5.75 Å². The molecule has 0 aliphatic carbocycles. The van der Waals surface area contributed by atoms with Crippen molar-refractivity contribution in [1.29, 1.82) is 0 Å². The third-order valence-corrected chi connectivity index (χ3v) is 3.89. The molecule has 1 atom stereocenters. The number of methoxy groups -OCH3 is 1. The van der Waals surface area contributed by atoms with Gasteiger partial charge in [0.25, 0.3) is 0 Å². The first-order valence-corrected chi connectivity index (χ1v) is 7.55. The number of aliphatic hydroxyl groups is 1. The van der Waals surface area contributed by atoms with Gasteiger partial charge in [-0.05, 0) is 25.8 Å². The molecule has 0 bridgehead atoms. The summed E-state index contributed by atoms with van der Waals surface area (Å²) in [5.41, 5.74) is 4.25. The molecule has 2 N–H and O–H groups in total. The summed E-state index contributed by atoms with van der Waals surface area (Å²) in [6.07, 6.45) is 2.51. The molecule has 0 spiro atoms. The number of rotatable bonds is 7. The van der Waals surface area contributed by atoms with Crippen LogP contribution >= 0.6 is 0 Å². The summed E-state index contributed by atoms with van der Waals surface area (Å²) in [5.74, 6) is 0.894. The van der Waals surface area contributed by atoms with Gasteiger partial charge in [0.1, 0.15) is 5.75 Å². The minimum Gasteiger partial charge on any atom is -0.496 e. The predicted octanol–water partition coefficient (Wildman–Crippen LogP) is 2.92. The normalized spacial score (nSPS) is 12.2. The molecule has 0 saturated heterocycles. The number of ether oxygens (including phenoxy) is 1. The maximum absolute atomic E-state index is 9.29. The average molecular weight is 300 g/mol. The van der Waals surface area contributed by atoms with E-state index in [9.17, 15) is 5.11 Å². The van der Waals surface area contributed by atoms with Crippen LogP contribution in [0.3, 0.4) is 0 Å².